The lowest BCUT2D eigenvalue weighted by molar-refractivity contribution is -0.140. The van der Waals surface area contributed by atoms with Crippen LogP contribution in [-0.4, -0.2) is 43.2 Å². The van der Waals surface area contributed by atoms with E-state index in [4.69, 9.17) is 11.6 Å². The molecule has 1 aliphatic rings. The second kappa shape index (κ2) is 11.5. The molecule has 2 amide bonds. The fraction of sp³-hybridized carbons (Fsp3) is 0.370. The Kier molecular flexibility index (Phi) is 8.30. The molecule has 0 aliphatic heterocycles. The van der Waals surface area contributed by atoms with Gasteiger partial charge in [-0.2, -0.15) is 13.2 Å². The highest BCUT2D eigenvalue weighted by Gasteiger charge is 2.35. The number of fused-ring (bicyclic) bond motifs is 1. The highest BCUT2D eigenvalue weighted by Crippen LogP contribution is 2.37. The zero-order chi connectivity index (χ0) is 27.4. The van der Waals surface area contributed by atoms with E-state index < -0.39 is 24.0 Å². The van der Waals surface area contributed by atoms with Gasteiger partial charge in [-0.1, -0.05) is 41.9 Å². The number of anilines is 1. The maximum Gasteiger partial charge on any atom is 0.433 e. The molecule has 1 fully saturated rings. The third kappa shape index (κ3) is 6.30. The Balaban J connectivity index is 1.47. The molecule has 2 N–H and O–H groups in total. The van der Waals surface area contributed by atoms with Crippen molar-refractivity contribution in [3.05, 3.63) is 70.9 Å². The van der Waals surface area contributed by atoms with Gasteiger partial charge in [-0.3, -0.25) is 4.79 Å². The minimum absolute atomic E-state index is 0.0491. The highest BCUT2D eigenvalue weighted by atomic mass is 35.5. The molecule has 0 radical (unpaired) electrons. The number of pyridine rings is 1. The molecule has 1 atom stereocenters. The van der Waals surface area contributed by atoms with Crippen LogP contribution in [0, 0.1) is 0 Å². The van der Waals surface area contributed by atoms with Crippen molar-refractivity contribution < 1.29 is 27.5 Å². The van der Waals surface area contributed by atoms with Gasteiger partial charge in [0.05, 0.1) is 12.6 Å². The second-order valence-corrected chi connectivity index (χ2v) is 9.73. The van der Waals surface area contributed by atoms with Crippen LogP contribution in [-0.2, 0) is 15.7 Å². The fourth-order valence-corrected chi connectivity index (χ4v) is 5.00. The number of benzene rings is 2. The first-order chi connectivity index (χ1) is 18.1. The van der Waals surface area contributed by atoms with E-state index in [-0.39, 0.29) is 23.5 Å². The number of amides is 2. The maximum atomic E-state index is 13.6. The van der Waals surface area contributed by atoms with Gasteiger partial charge >= 0.3 is 12.3 Å². The molecule has 3 aromatic rings. The van der Waals surface area contributed by atoms with Crippen LogP contribution in [0.4, 0.5) is 23.7 Å². The zero-order valence-corrected chi connectivity index (χ0v) is 21.6. The standard InChI is InChI=1S/C27H28ClF3N4O3/c1-35(22-15-23(27(29,30)31)33-21-13-8-17(28)14-20(21)22)19-11-9-18(10-12-19)32-25(36)24(34-26(37)38-2)16-6-4-3-5-7-16/h3-8,13-15,18-19,24H,9-12H2,1-2H3,(H,32,36)(H,34,37)/t18?,19?,24-/m1/s1. The first kappa shape index (κ1) is 27.5. The van der Waals surface area contributed by atoms with Crippen molar-refractivity contribution in [1.29, 1.82) is 0 Å². The molecule has 7 nitrogen and oxygen atoms in total. The van der Waals surface area contributed by atoms with Crippen molar-refractivity contribution in [3.63, 3.8) is 0 Å². The largest absolute Gasteiger partial charge is 0.453 e. The number of carbonyl (C=O) groups excluding carboxylic acids is 2. The van der Waals surface area contributed by atoms with E-state index in [9.17, 15) is 22.8 Å². The Hall–Kier alpha value is -3.53. The van der Waals surface area contributed by atoms with Crippen LogP contribution in [0.5, 0.6) is 0 Å². The van der Waals surface area contributed by atoms with Gasteiger partial charge in [0.2, 0.25) is 5.91 Å². The van der Waals surface area contributed by atoms with Gasteiger partial charge in [0.1, 0.15) is 11.7 Å². The molecule has 4 rings (SSSR count). The third-order valence-electron chi connectivity index (χ3n) is 6.85. The number of halogens is 4. The lowest BCUT2D eigenvalue weighted by atomic mass is 9.89. The summed E-state index contributed by atoms with van der Waals surface area (Å²) in [5, 5.41) is 6.53. The van der Waals surface area contributed by atoms with Crippen molar-refractivity contribution in [1.82, 2.24) is 15.6 Å². The van der Waals surface area contributed by atoms with Gasteiger partial charge in [-0.15, -0.1) is 0 Å². The molecule has 11 heteroatoms. The molecule has 0 saturated heterocycles. The van der Waals surface area contributed by atoms with Gasteiger partial charge in [0.25, 0.3) is 0 Å². The second-order valence-electron chi connectivity index (χ2n) is 9.29. The van der Waals surface area contributed by atoms with Gasteiger partial charge in [-0.25, -0.2) is 9.78 Å². The number of hydrogen-bond acceptors (Lipinski definition) is 5. The fourth-order valence-electron chi connectivity index (χ4n) is 4.83. The Bertz CT molecular complexity index is 1300. The van der Waals surface area contributed by atoms with Crippen LogP contribution in [0.25, 0.3) is 10.9 Å². The normalized spacial score (nSPS) is 18.5. The van der Waals surface area contributed by atoms with E-state index in [0.29, 0.717) is 47.3 Å². The molecule has 2 aromatic carbocycles. The molecular weight excluding hydrogens is 521 g/mol. The number of nitrogens with zero attached hydrogens (tertiary/aromatic N) is 2. The summed E-state index contributed by atoms with van der Waals surface area (Å²) in [6.45, 7) is 0. The molecule has 1 aromatic heterocycles. The van der Waals surface area contributed by atoms with Crippen LogP contribution in [0.15, 0.2) is 54.6 Å². The van der Waals surface area contributed by atoms with E-state index in [1.165, 1.54) is 19.2 Å². The lowest BCUT2D eigenvalue weighted by Crippen LogP contribution is -2.47. The van der Waals surface area contributed by atoms with Crippen molar-refractivity contribution in [2.24, 2.45) is 0 Å². The minimum Gasteiger partial charge on any atom is -0.453 e. The zero-order valence-electron chi connectivity index (χ0n) is 20.9. The van der Waals surface area contributed by atoms with Gasteiger partial charge in [0.15, 0.2) is 0 Å². The minimum atomic E-state index is -4.58. The Morgan fingerprint density at radius 3 is 2.39 bits per heavy atom. The van der Waals surface area contributed by atoms with Crippen molar-refractivity contribution in [3.8, 4) is 0 Å². The third-order valence-corrected chi connectivity index (χ3v) is 7.09. The topological polar surface area (TPSA) is 83.6 Å². The summed E-state index contributed by atoms with van der Waals surface area (Å²) in [6, 6.07) is 13.4. The summed E-state index contributed by atoms with van der Waals surface area (Å²) < 4.78 is 45.4. The first-order valence-electron chi connectivity index (χ1n) is 12.2. The summed E-state index contributed by atoms with van der Waals surface area (Å²) in [7, 11) is 3.00. The molecule has 0 unspecified atom stereocenters. The molecular formula is C27H28ClF3N4O3. The summed E-state index contributed by atoms with van der Waals surface area (Å²) in [4.78, 5) is 30.6. The molecule has 0 spiro atoms. The van der Waals surface area contributed by atoms with Crippen LogP contribution in [0.1, 0.15) is 43.0 Å². The van der Waals surface area contributed by atoms with Crippen LogP contribution >= 0.6 is 11.6 Å². The maximum absolute atomic E-state index is 13.6. The number of nitrogens with one attached hydrogen (secondary N) is 2. The molecule has 202 valence electrons. The number of alkyl halides is 3. The number of methoxy groups -OCH3 is 1. The van der Waals surface area contributed by atoms with Crippen molar-refractivity contribution >= 4 is 40.2 Å². The summed E-state index contributed by atoms with van der Waals surface area (Å²) in [6.07, 6.45) is -2.77. The van der Waals surface area contributed by atoms with Crippen LogP contribution < -0.4 is 15.5 Å². The molecule has 1 saturated carbocycles. The number of aromatic nitrogens is 1. The molecule has 1 heterocycles. The Morgan fingerprint density at radius 2 is 1.76 bits per heavy atom. The van der Waals surface area contributed by atoms with E-state index in [0.717, 1.165) is 6.07 Å². The number of hydrogen-bond donors (Lipinski definition) is 2. The highest BCUT2D eigenvalue weighted by molar-refractivity contribution is 6.31. The monoisotopic (exact) mass is 548 g/mol. The van der Waals surface area contributed by atoms with Gasteiger partial charge < -0.3 is 20.3 Å². The van der Waals surface area contributed by atoms with E-state index in [1.54, 1.807) is 37.4 Å². The quantitative estimate of drug-likeness (QED) is 0.403. The average molecular weight is 549 g/mol. The summed E-state index contributed by atoms with van der Waals surface area (Å²) >= 11 is 6.15. The Labute approximate surface area is 223 Å². The molecule has 38 heavy (non-hydrogen) atoms. The number of ether oxygens (including phenoxy) is 1. The van der Waals surface area contributed by atoms with Crippen molar-refractivity contribution in [2.45, 2.75) is 50.0 Å². The smallest absolute Gasteiger partial charge is 0.433 e. The first-order valence-corrected chi connectivity index (χ1v) is 12.5. The van der Waals surface area contributed by atoms with E-state index in [1.807, 2.05) is 11.0 Å². The summed E-state index contributed by atoms with van der Waals surface area (Å²) in [5.74, 6) is -0.358. The number of alkyl carbamates (subject to hydrolysis) is 1. The van der Waals surface area contributed by atoms with E-state index >= 15 is 0 Å². The van der Waals surface area contributed by atoms with Crippen molar-refractivity contribution in [2.75, 3.05) is 19.1 Å². The van der Waals surface area contributed by atoms with E-state index in [2.05, 4.69) is 20.4 Å². The molecule has 0 bridgehead atoms. The predicted molar refractivity (Wildman–Crippen MR) is 139 cm³/mol. The predicted octanol–water partition coefficient (Wildman–Crippen LogP) is 5.87. The lowest BCUT2D eigenvalue weighted by Gasteiger charge is -2.37. The number of carbonyl (C=O) groups is 2. The Morgan fingerprint density at radius 1 is 1.08 bits per heavy atom. The average Bonchev–Trinajstić information content (AvgIpc) is 2.90. The van der Waals surface area contributed by atoms with Gasteiger partial charge in [-0.05, 0) is 55.5 Å². The number of rotatable bonds is 6. The SMILES string of the molecule is COC(=O)N[C@@H](C(=O)NC1CCC(N(C)c2cc(C(F)(F)F)nc3ccc(Cl)cc23)CC1)c1ccccc1. The van der Waals surface area contributed by atoms with Crippen LogP contribution in [0.3, 0.4) is 0 Å². The van der Waals surface area contributed by atoms with Gasteiger partial charge in [0, 0.05) is 35.2 Å². The summed E-state index contributed by atoms with van der Waals surface area (Å²) in [5.41, 5.74) is 0.286. The molecule has 1 aliphatic carbocycles. The van der Waals surface area contributed by atoms with Crippen LogP contribution in [0.2, 0.25) is 5.02 Å².